The van der Waals surface area contributed by atoms with E-state index in [1.807, 2.05) is 0 Å². The van der Waals surface area contributed by atoms with Crippen LogP contribution in [0.25, 0.3) is 0 Å². The summed E-state index contributed by atoms with van der Waals surface area (Å²) < 4.78 is 11.0. The number of hydrogen-bond donors (Lipinski definition) is 1. The van der Waals surface area contributed by atoms with Crippen molar-refractivity contribution in [1.29, 1.82) is 0 Å². The topological polar surface area (TPSA) is 30.5 Å². The second-order valence-corrected chi connectivity index (χ2v) is 5.42. The highest BCUT2D eigenvalue weighted by atomic mass is 16.5. The van der Waals surface area contributed by atoms with E-state index in [0.717, 1.165) is 38.3 Å². The van der Waals surface area contributed by atoms with E-state index in [4.69, 9.17) is 9.47 Å². The number of ether oxygens (including phenoxy) is 2. The molecule has 1 atom stereocenters. The average molecular weight is 277 g/mol. The molecule has 1 N–H and O–H groups in total. The Hall–Kier alpha value is -1.06. The highest BCUT2D eigenvalue weighted by molar-refractivity contribution is 5.43. The van der Waals surface area contributed by atoms with Crippen molar-refractivity contribution in [3.8, 4) is 5.75 Å². The number of nitrogens with one attached hydrogen (secondary N) is 1. The van der Waals surface area contributed by atoms with E-state index >= 15 is 0 Å². The molecule has 0 saturated carbocycles. The molecule has 1 aliphatic carbocycles. The summed E-state index contributed by atoms with van der Waals surface area (Å²) in [6.07, 6.45) is 5.74. The zero-order valence-corrected chi connectivity index (χ0v) is 12.8. The first kappa shape index (κ1) is 15.3. The van der Waals surface area contributed by atoms with E-state index in [2.05, 4.69) is 30.4 Å². The van der Waals surface area contributed by atoms with Gasteiger partial charge >= 0.3 is 0 Å². The van der Waals surface area contributed by atoms with Crippen molar-refractivity contribution in [2.24, 2.45) is 0 Å². The summed E-state index contributed by atoms with van der Waals surface area (Å²) >= 11 is 0. The SMILES string of the molecule is CCCNC1CCCc2c(OCCCOC)cccc21. The first-order chi connectivity index (χ1) is 9.86. The molecule has 112 valence electrons. The molecule has 2 rings (SSSR count). The van der Waals surface area contributed by atoms with Crippen LogP contribution in [0.2, 0.25) is 0 Å². The van der Waals surface area contributed by atoms with Gasteiger partial charge in [-0.05, 0) is 49.4 Å². The summed E-state index contributed by atoms with van der Waals surface area (Å²) in [5, 5.41) is 3.66. The summed E-state index contributed by atoms with van der Waals surface area (Å²) in [7, 11) is 1.73. The zero-order chi connectivity index (χ0) is 14.2. The largest absolute Gasteiger partial charge is 0.493 e. The van der Waals surface area contributed by atoms with Crippen molar-refractivity contribution in [3.05, 3.63) is 29.3 Å². The average Bonchev–Trinajstić information content (AvgIpc) is 2.49. The van der Waals surface area contributed by atoms with Crippen molar-refractivity contribution in [2.75, 3.05) is 26.9 Å². The zero-order valence-electron chi connectivity index (χ0n) is 12.8. The van der Waals surface area contributed by atoms with Crippen molar-refractivity contribution in [3.63, 3.8) is 0 Å². The molecular weight excluding hydrogens is 250 g/mol. The van der Waals surface area contributed by atoms with Gasteiger partial charge in [-0.1, -0.05) is 19.1 Å². The molecule has 0 bridgehead atoms. The molecule has 20 heavy (non-hydrogen) atoms. The molecule has 0 fully saturated rings. The van der Waals surface area contributed by atoms with Crippen LogP contribution in [0.4, 0.5) is 0 Å². The second kappa shape index (κ2) is 8.28. The van der Waals surface area contributed by atoms with Gasteiger partial charge in [0.15, 0.2) is 0 Å². The minimum absolute atomic E-state index is 0.501. The molecule has 0 amide bonds. The normalized spacial score (nSPS) is 17.8. The molecule has 0 radical (unpaired) electrons. The van der Waals surface area contributed by atoms with Gasteiger partial charge in [-0.2, -0.15) is 0 Å². The van der Waals surface area contributed by atoms with Crippen LogP contribution in [0.3, 0.4) is 0 Å². The van der Waals surface area contributed by atoms with Crippen molar-refractivity contribution >= 4 is 0 Å². The molecule has 1 aromatic carbocycles. The fourth-order valence-corrected chi connectivity index (χ4v) is 2.87. The van der Waals surface area contributed by atoms with E-state index in [9.17, 15) is 0 Å². The fourth-order valence-electron chi connectivity index (χ4n) is 2.87. The highest BCUT2D eigenvalue weighted by Gasteiger charge is 2.22. The summed E-state index contributed by atoms with van der Waals surface area (Å²) in [5.74, 6) is 1.07. The maximum atomic E-state index is 5.95. The summed E-state index contributed by atoms with van der Waals surface area (Å²) in [5.41, 5.74) is 2.85. The molecule has 3 heteroatoms. The number of benzene rings is 1. The first-order valence-electron chi connectivity index (χ1n) is 7.83. The van der Waals surface area contributed by atoms with Crippen molar-refractivity contribution in [2.45, 2.75) is 45.1 Å². The van der Waals surface area contributed by atoms with E-state index in [1.165, 1.54) is 30.4 Å². The summed E-state index contributed by atoms with van der Waals surface area (Å²) in [4.78, 5) is 0. The van der Waals surface area contributed by atoms with Crippen LogP contribution < -0.4 is 10.1 Å². The Labute approximate surface area is 122 Å². The van der Waals surface area contributed by atoms with Crippen LogP contribution in [-0.4, -0.2) is 26.9 Å². The molecule has 1 unspecified atom stereocenters. The molecule has 0 spiro atoms. The van der Waals surface area contributed by atoms with Crippen LogP contribution >= 0.6 is 0 Å². The van der Waals surface area contributed by atoms with Gasteiger partial charge in [0.05, 0.1) is 6.61 Å². The maximum absolute atomic E-state index is 5.95. The van der Waals surface area contributed by atoms with Gasteiger partial charge in [0, 0.05) is 26.2 Å². The lowest BCUT2D eigenvalue weighted by molar-refractivity contribution is 0.171. The molecule has 1 aromatic rings. The van der Waals surface area contributed by atoms with Gasteiger partial charge in [0.25, 0.3) is 0 Å². The Bertz CT molecular complexity index is 406. The van der Waals surface area contributed by atoms with Crippen LogP contribution in [0.5, 0.6) is 5.75 Å². The first-order valence-corrected chi connectivity index (χ1v) is 7.83. The lowest BCUT2D eigenvalue weighted by Crippen LogP contribution is -2.26. The number of rotatable bonds is 8. The third-order valence-electron chi connectivity index (χ3n) is 3.86. The molecule has 1 aliphatic rings. The highest BCUT2D eigenvalue weighted by Crippen LogP contribution is 2.35. The molecule has 0 aromatic heterocycles. The Kier molecular flexibility index (Phi) is 6.34. The molecule has 0 heterocycles. The Morgan fingerprint density at radius 3 is 3.00 bits per heavy atom. The van der Waals surface area contributed by atoms with E-state index < -0.39 is 0 Å². The van der Waals surface area contributed by atoms with Crippen molar-refractivity contribution in [1.82, 2.24) is 5.32 Å². The van der Waals surface area contributed by atoms with Gasteiger partial charge in [-0.15, -0.1) is 0 Å². The Balaban J connectivity index is 2.04. The molecule has 0 saturated heterocycles. The van der Waals surface area contributed by atoms with Crippen LogP contribution in [0.1, 0.15) is 49.8 Å². The third-order valence-corrected chi connectivity index (χ3v) is 3.86. The smallest absolute Gasteiger partial charge is 0.122 e. The lowest BCUT2D eigenvalue weighted by Gasteiger charge is -2.28. The number of hydrogen-bond acceptors (Lipinski definition) is 3. The summed E-state index contributed by atoms with van der Waals surface area (Å²) in [6.45, 7) is 4.79. The van der Waals surface area contributed by atoms with Crippen LogP contribution in [0, 0.1) is 0 Å². The quantitative estimate of drug-likeness (QED) is 0.738. The third kappa shape index (κ3) is 3.97. The second-order valence-electron chi connectivity index (χ2n) is 5.42. The monoisotopic (exact) mass is 277 g/mol. The standard InChI is InChI=1S/C17H27NO2/c1-3-11-18-16-9-4-8-15-14(16)7-5-10-17(15)20-13-6-12-19-2/h5,7,10,16,18H,3-4,6,8-9,11-13H2,1-2H3. The van der Waals surface area contributed by atoms with Crippen molar-refractivity contribution < 1.29 is 9.47 Å². The van der Waals surface area contributed by atoms with Crippen LogP contribution in [0.15, 0.2) is 18.2 Å². The minimum atomic E-state index is 0.501. The van der Waals surface area contributed by atoms with E-state index in [-0.39, 0.29) is 0 Å². The Morgan fingerprint density at radius 2 is 2.20 bits per heavy atom. The van der Waals surface area contributed by atoms with Gasteiger partial charge in [0.2, 0.25) is 0 Å². The van der Waals surface area contributed by atoms with E-state index in [1.54, 1.807) is 7.11 Å². The predicted octanol–water partition coefficient (Wildman–Crippen LogP) is 3.48. The Morgan fingerprint density at radius 1 is 1.30 bits per heavy atom. The minimum Gasteiger partial charge on any atom is -0.493 e. The fraction of sp³-hybridized carbons (Fsp3) is 0.647. The maximum Gasteiger partial charge on any atom is 0.122 e. The van der Waals surface area contributed by atoms with Gasteiger partial charge in [0.1, 0.15) is 5.75 Å². The molecule has 0 aliphatic heterocycles. The number of methoxy groups -OCH3 is 1. The van der Waals surface area contributed by atoms with Gasteiger partial charge < -0.3 is 14.8 Å². The summed E-state index contributed by atoms with van der Waals surface area (Å²) in [6, 6.07) is 6.98. The molecule has 3 nitrogen and oxygen atoms in total. The van der Waals surface area contributed by atoms with Crippen LogP contribution in [-0.2, 0) is 11.2 Å². The lowest BCUT2D eigenvalue weighted by atomic mass is 9.87. The van der Waals surface area contributed by atoms with Gasteiger partial charge in [-0.3, -0.25) is 0 Å². The number of fused-ring (bicyclic) bond motifs is 1. The predicted molar refractivity (Wildman–Crippen MR) is 82.4 cm³/mol. The van der Waals surface area contributed by atoms with E-state index in [0.29, 0.717) is 6.04 Å². The molecular formula is C17H27NO2. The van der Waals surface area contributed by atoms with Gasteiger partial charge in [-0.25, -0.2) is 0 Å².